The molecule has 1 aliphatic carbocycles. The van der Waals surface area contributed by atoms with Crippen LogP contribution in [0.5, 0.6) is 5.75 Å². The van der Waals surface area contributed by atoms with E-state index >= 15 is 4.39 Å². The number of aromatic nitrogens is 3. The van der Waals surface area contributed by atoms with Crippen molar-refractivity contribution < 1.29 is 23.9 Å². The average Bonchev–Trinajstić information content (AvgIpc) is 3.47. The molecule has 174 valence electrons. The molecule has 2 N–H and O–H groups in total. The number of ether oxygens (including phenoxy) is 1. The summed E-state index contributed by atoms with van der Waals surface area (Å²) >= 11 is 6.12. The van der Waals surface area contributed by atoms with E-state index in [0.29, 0.717) is 27.6 Å². The Kier molecular flexibility index (Phi) is 5.61. The number of aryl methyl sites for hydroxylation is 1. The van der Waals surface area contributed by atoms with Gasteiger partial charge in [0.05, 0.1) is 40.9 Å². The summed E-state index contributed by atoms with van der Waals surface area (Å²) in [7, 11) is 1.62. The monoisotopic (exact) mass is 481 g/mol. The van der Waals surface area contributed by atoms with Gasteiger partial charge < -0.3 is 9.64 Å². The third kappa shape index (κ3) is 4.17. The van der Waals surface area contributed by atoms with Crippen LogP contribution < -0.4 is 9.47 Å². The van der Waals surface area contributed by atoms with Crippen LogP contribution in [0.4, 0.5) is 4.39 Å². The van der Waals surface area contributed by atoms with Crippen molar-refractivity contribution in [2.24, 2.45) is 0 Å². The van der Waals surface area contributed by atoms with Gasteiger partial charge in [0.1, 0.15) is 11.6 Å². The smallest absolute Gasteiger partial charge is 0.254 e. The first-order chi connectivity index (χ1) is 16.3. The minimum absolute atomic E-state index is 0.0154. The molecule has 1 aliphatic rings. The van der Waals surface area contributed by atoms with Gasteiger partial charge in [0, 0.05) is 29.3 Å². The van der Waals surface area contributed by atoms with Gasteiger partial charge in [0.2, 0.25) is 11.9 Å². The fourth-order valence-corrected chi connectivity index (χ4v) is 4.18. The molecule has 9 heteroatoms. The summed E-state index contributed by atoms with van der Waals surface area (Å²) in [5.41, 5.74) is 3.06. The maximum Gasteiger partial charge on any atom is 0.254 e. The lowest BCUT2D eigenvalue weighted by Gasteiger charge is -2.19. The molecular formula is C25H23ClFN4O3+. The van der Waals surface area contributed by atoms with Crippen LogP contribution in [0.3, 0.4) is 0 Å². The summed E-state index contributed by atoms with van der Waals surface area (Å²) in [6.07, 6.45) is 4.95. The number of nitrogens with zero attached hydrogens (tertiary/aromatic N) is 3. The summed E-state index contributed by atoms with van der Waals surface area (Å²) in [5, 5.41) is 18.4. The summed E-state index contributed by atoms with van der Waals surface area (Å²) in [5.74, 6) is -0.618. The van der Waals surface area contributed by atoms with Crippen molar-refractivity contribution in [3.8, 4) is 16.9 Å². The molecule has 2 heterocycles. The van der Waals surface area contributed by atoms with Crippen molar-refractivity contribution in [3.63, 3.8) is 0 Å². The highest BCUT2D eigenvalue weighted by molar-refractivity contribution is 6.30. The first-order valence-electron chi connectivity index (χ1n) is 10.9. The minimum atomic E-state index is -0.559. The Balaban J connectivity index is 1.48. The number of carbonyl (C=O) groups is 1. The summed E-state index contributed by atoms with van der Waals surface area (Å²) in [6, 6.07) is 9.70. The summed E-state index contributed by atoms with van der Waals surface area (Å²) in [4.78, 5) is 14.7. The average molecular weight is 482 g/mol. The Labute approximate surface area is 200 Å². The number of carbonyl (C=O) groups excluding carboxylic acids is 1. The van der Waals surface area contributed by atoms with Crippen molar-refractivity contribution in [3.05, 3.63) is 76.5 Å². The van der Waals surface area contributed by atoms with Gasteiger partial charge in [-0.05, 0) is 42.7 Å². The third-order valence-electron chi connectivity index (χ3n) is 5.96. The molecule has 34 heavy (non-hydrogen) atoms. The van der Waals surface area contributed by atoms with E-state index < -0.39 is 5.82 Å². The third-order valence-corrected chi connectivity index (χ3v) is 6.19. The molecule has 0 bridgehead atoms. The van der Waals surface area contributed by atoms with Crippen LogP contribution in [0.15, 0.2) is 48.8 Å². The highest BCUT2D eigenvalue weighted by Gasteiger charge is 2.28. The number of rotatable bonds is 6. The Hall–Kier alpha value is -3.65. The van der Waals surface area contributed by atoms with Crippen LogP contribution >= 0.6 is 11.6 Å². The largest absolute Gasteiger partial charge is 0.490 e. The standard InChI is InChI=1S/C25H22ClFN4O3/c1-14-20-11-28-29-24(20)17(13-31(14)33)12-30(2)25(32)16-9-21(27)23(15-4-3-5-18(26)8-15)22(10-16)34-19-6-7-19/h3-5,8-11,13,19,33H,6-7,12H2,1-2H3/p+1. The zero-order chi connectivity index (χ0) is 24.0. The lowest BCUT2D eigenvalue weighted by molar-refractivity contribution is -0.908. The van der Waals surface area contributed by atoms with E-state index in [0.717, 1.165) is 28.5 Å². The van der Waals surface area contributed by atoms with E-state index in [-0.39, 0.29) is 29.7 Å². The van der Waals surface area contributed by atoms with E-state index in [1.54, 1.807) is 50.5 Å². The number of nitrogens with one attached hydrogen (secondary N) is 1. The SMILES string of the molecule is Cc1c2cn[nH]c2c(CN(C)C(=O)c2cc(F)c(-c3cccc(Cl)c3)c(OC3CC3)c2)c[n+]1O. The molecule has 0 radical (unpaired) electrons. The maximum atomic E-state index is 15.4. The first-order valence-corrected chi connectivity index (χ1v) is 11.3. The molecule has 0 aliphatic heterocycles. The van der Waals surface area contributed by atoms with Crippen molar-refractivity contribution in [1.82, 2.24) is 15.1 Å². The topological polar surface area (TPSA) is 82.3 Å². The van der Waals surface area contributed by atoms with E-state index in [4.69, 9.17) is 16.3 Å². The number of pyridine rings is 1. The molecule has 7 nitrogen and oxygen atoms in total. The number of amides is 1. The lowest BCUT2D eigenvalue weighted by atomic mass is 10.0. The Morgan fingerprint density at radius 1 is 1.35 bits per heavy atom. The van der Waals surface area contributed by atoms with Crippen molar-refractivity contribution >= 4 is 28.4 Å². The van der Waals surface area contributed by atoms with Gasteiger partial charge in [0.25, 0.3) is 5.91 Å². The Morgan fingerprint density at radius 3 is 2.88 bits per heavy atom. The van der Waals surface area contributed by atoms with Gasteiger partial charge >= 0.3 is 0 Å². The lowest BCUT2D eigenvalue weighted by Crippen LogP contribution is -2.35. The van der Waals surface area contributed by atoms with Gasteiger partial charge in [-0.1, -0.05) is 23.7 Å². The second-order valence-electron chi connectivity index (χ2n) is 8.56. The normalized spacial score (nSPS) is 13.3. The highest BCUT2D eigenvalue weighted by atomic mass is 35.5. The zero-order valence-electron chi connectivity index (χ0n) is 18.7. The minimum Gasteiger partial charge on any atom is -0.490 e. The molecule has 0 spiro atoms. The van der Waals surface area contributed by atoms with Crippen LogP contribution in [0, 0.1) is 12.7 Å². The Bertz CT molecular complexity index is 1420. The molecule has 0 unspecified atom stereocenters. The zero-order valence-corrected chi connectivity index (χ0v) is 19.4. The van der Waals surface area contributed by atoms with Crippen molar-refractivity contribution in [2.45, 2.75) is 32.4 Å². The fraction of sp³-hybridized carbons (Fsp3) is 0.240. The Morgan fingerprint density at radius 2 is 2.15 bits per heavy atom. The number of hydrogen-bond donors (Lipinski definition) is 2. The number of benzene rings is 2. The molecular weight excluding hydrogens is 459 g/mol. The van der Waals surface area contributed by atoms with Gasteiger partial charge in [-0.2, -0.15) is 5.10 Å². The molecule has 4 aromatic rings. The summed E-state index contributed by atoms with van der Waals surface area (Å²) in [6.45, 7) is 1.94. The van der Waals surface area contributed by atoms with E-state index in [1.165, 1.54) is 17.2 Å². The first kappa shape index (κ1) is 22.2. The maximum absolute atomic E-state index is 15.4. The van der Waals surface area contributed by atoms with Gasteiger partial charge in [-0.15, -0.1) is 0 Å². The molecule has 0 saturated heterocycles. The van der Waals surface area contributed by atoms with Gasteiger partial charge in [0.15, 0.2) is 0 Å². The quantitative estimate of drug-likeness (QED) is 0.310. The van der Waals surface area contributed by atoms with Crippen molar-refractivity contribution in [1.29, 1.82) is 0 Å². The van der Waals surface area contributed by atoms with Gasteiger partial charge in [-0.3, -0.25) is 15.1 Å². The number of hydrogen-bond acceptors (Lipinski definition) is 4. The van der Waals surface area contributed by atoms with Crippen LogP contribution in [0.25, 0.3) is 22.0 Å². The molecule has 1 saturated carbocycles. The van der Waals surface area contributed by atoms with E-state index in [9.17, 15) is 10.0 Å². The second kappa shape index (κ2) is 8.61. The van der Waals surface area contributed by atoms with Crippen LogP contribution in [0.2, 0.25) is 5.02 Å². The number of aromatic amines is 1. The molecule has 2 aromatic carbocycles. The van der Waals surface area contributed by atoms with Crippen molar-refractivity contribution in [2.75, 3.05) is 7.05 Å². The molecule has 1 amide bonds. The predicted molar refractivity (Wildman–Crippen MR) is 125 cm³/mol. The number of H-pyrrole nitrogens is 1. The number of halogens is 2. The van der Waals surface area contributed by atoms with E-state index in [1.807, 2.05) is 0 Å². The second-order valence-corrected chi connectivity index (χ2v) is 9.00. The molecule has 1 fully saturated rings. The summed E-state index contributed by atoms with van der Waals surface area (Å²) < 4.78 is 22.4. The molecule has 5 rings (SSSR count). The van der Waals surface area contributed by atoms with Crippen LogP contribution in [-0.2, 0) is 6.54 Å². The highest BCUT2D eigenvalue weighted by Crippen LogP contribution is 2.38. The van der Waals surface area contributed by atoms with E-state index in [2.05, 4.69) is 10.2 Å². The number of fused-ring (bicyclic) bond motifs is 1. The van der Waals surface area contributed by atoms with Crippen LogP contribution in [-0.4, -0.2) is 39.4 Å². The molecule has 2 aromatic heterocycles. The predicted octanol–water partition coefficient (Wildman–Crippen LogP) is 4.67. The van der Waals surface area contributed by atoms with Gasteiger partial charge in [-0.25, -0.2) is 4.39 Å². The molecule has 0 atom stereocenters. The fourth-order valence-electron chi connectivity index (χ4n) is 3.99. The van der Waals surface area contributed by atoms with Crippen LogP contribution in [0.1, 0.15) is 34.5 Å².